The Morgan fingerprint density at radius 2 is 1.85 bits per heavy atom. The van der Waals surface area contributed by atoms with Crippen molar-refractivity contribution in [3.8, 4) is 0 Å². The van der Waals surface area contributed by atoms with Gasteiger partial charge in [0.2, 0.25) is 5.56 Å². The smallest absolute Gasteiger partial charge is 0.257 e. The number of anilines is 1. The monoisotopic (exact) mass is 271 g/mol. The normalized spacial score (nSPS) is 10.1. The molecule has 0 saturated carbocycles. The number of nitrogens with zero attached hydrogens (tertiary/aromatic N) is 1. The van der Waals surface area contributed by atoms with E-state index >= 15 is 0 Å². The van der Waals surface area contributed by atoms with Gasteiger partial charge in [0.1, 0.15) is 0 Å². The molecule has 0 spiro atoms. The fourth-order valence-electron chi connectivity index (χ4n) is 1.73. The van der Waals surface area contributed by atoms with Crippen molar-refractivity contribution < 1.29 is 9.59 Å². The van der Waals surface area contributed by atoms with Crippen LogP contribution < -0.4 is 16.6 Å². The van der Waals surface area contributed by atoms with Crippen molar-refractivity contribution in [1.29, 1.82) is 0 Å². The number of pyridine rings is 1. The number of carbonyl (C=O) groups excluding carboxylic acids is 2. The first-order chi connectivity index (χ1) is 9.49. The number of nitrogens with two attached hydrogens (primary N) is 1. The topological polar surface area (TPSA) is 94.2 Å². The second kappa shape index (κ2) is 5.40. The van der Waals surface area contributed by atoms with Crippen LogP contribution in [0.1, 0.15) is 20.7 Å². The summed E-state index contributed by atoms with van der Waals surface area (Å²) >= 11 is 0. The zero-order valence-corrected chi connectivity index (χ0v) is 10.8. The summed E-state index contributed by atoms with van der Waals surface area (Å²) in [4.78, 5) is 34.6. The highest BCUT2D eigenvalue weighted by atomic mass is 16.2. The SMILES string of the molecule is Cn1cc(C(=O)Nc2ccccc2C(N)=O)ccc1=O. The van der Waals surface area contributed by atoms with Gasteiger partial charge >= 0.3 is 0 Å². The highest BCUT2D eigenvalue weighted by Gasteiger charge is 2.12. The third kappa shape index (κ3) is 2.74. The van der Waals surface area contributed by atoms with Crippen LogP contribution in [0.2, 0.25) is 0 Å². The molecular formula is C14H13N3O3. The van der Waals surface area contributed by atoms with Crippen LogP contribution in [0.25, 0.3) is 0 Å². The van der Waals surface area contributed by atoms with Crippen LogP contribution >= 0.6 is 0 Å². The van der Waals surface area contributed by atoms with Crippen LogP contribution in [-0.2, 0) is 7.05 Å². The quantitative estimate of drug-likeness (QED) is 0.861. The number of para-hydroxylation sites is 1. The van der Waals surface area contributed by atoms with Crippen LogP contribution in [0.15, 0.2) is 47.4 Å². The molecule has 2 rings (SSSR count). The Bertz CT molecular complexity index is 734. The maximum Gasteiger partial charge on any atom is 0.257 e. The average molecular weight is 271 g/mol. The van der Waals surface area contributed by atoms with Gasteiger partial charge in [-0.05, 0) is 18.2 Å². The lowest BCUT2D eigenvalue weighted by molar-refractivity contribution is 0.100. The van der Waals surface area contributed by atoms with Gasteiger partial charge < -0.3 is 15.6 Å². The van der Waals surface area contributed by atoms with Gasteiger partial charge in [0.15, 0.2) is 0 Å². The first kappa shape index (κ1) is 13.5. The molecule has 1 heterocycles. The number of carbonyl (C=O) groups is 2. The fraction of sp³-hybridized carbons (Fsp3) is 0.0714. The van der Waals surface area contributed by atoms with Gasteiger partial charge in [0.05, 0.1) is 16.8 Å². The second-order valence-corrected chi connectivity index (χ2v) is 4.23. The van der Waals surface area contributed by atoms with Gasteiger partial charge in [0, 0.05) is 19.3 Å². The molecular weight excluding hydrogens is 258 g/mol. The predicted octanol–water partition coefficient (Wildman–Crippen LogP) is 0.737. The van der Waals surface area contributed by atoms with Gasteiger partial charge in [0.25, 0.3) is 11.8 Å². The molecule has 0 aliphatic rings. The lowest BCUT2D eigenvalue weighted by atomic mass is 10.1. The second-order valence-electron chi connectivity index (χ2n) is 4.23. The van der Waals surface area contributed by atoms with E-state index in [0.29, 0.717) is 11.3 Å². The molecule has 0 saturated heterocycles. The van der Waals surface area contributed by atoms with Crippen molar-refractivity contribution in [3.63, 3.8) is 0 Å². The average Bonchev–Trinajstić information content (AvgIpc) is 2.42. The Morgan fingerprint density at radius 3 is 2.50 bits per heavy atom. The molecule has 2 aromatic rings. The summed E-state index contributed by atoms with van der Waals surface area (Å²) in [6, 6.07) is 9.17. The lowest BCUT2D eigenvalue weighted by Gasteiger charge is -2.09. The Morgan fingerprint density at radius 1 is 1.15 bits per heavy atom. The molecule has 2 amide bonds. The number of amides is 2. The molecule has 0 bridgehead atoms. The minimum Gasteiger partial charge on any atom is -0.366 e. The van der Waals surface area contributed by atoms with E-state index in [1.807, 2.05) is 0 Å². The predicted molar refractivity (Wildman–Crippen MR) is 74.6 cm³/mol. The van der Waals surface area contributed by atoms with Crippen molar-refractivity contribution in [2.24, 2.45) is 12.8 Å². The molecule has 20 heavy (non-hydrogen) atoms. The summed E-state index contributed by atoms with van der Waals surface area (Å²) < 4.78 is 1.30. The summed E-state index contributed by atoms with van der Waals surface area (Å²) in [6.45, 7) is 0. The number of primary amides is 1. The van der Waals surface area contributed by atoms with Gasteiger partial charge in [-0.15, -0.1) is 0 Å². The largest absolute Gasteiger partial charge is 0.366 e. The standard InChI is InChI=1S/C14H13N3O3/c1-17-8-9(6-7-12(17)18)14(20)16-11-5-3-2-4-10(11)13(15)19/h2-8H,1H3,(H2,15,19)(H,16,20). The molecule has 1 aromatic heterocycles. The number of benzene rings is 1. The first-order valence-corrected chi connectivity index (χ1v) is 5.86. The van der Waals surface area contributed by atoms with E-state index in [1.165, 1.54) is 29.0 Å². The van der Waals surface area contributed by atoms with E-state index in [9.17, 15) is 14.4 Å². The minimum atomic E-state index is -0.624. The van der Waals surface area contributed by atoms with Crippen molar-refractivity contribution in [2.45, 2.75) is 0 Å². The first-order valence-electron chi connectivity index (χ1n) is 5.86. The molecule has 0 fully saturated rings. The molecule has 6 nitrogen and oxygen atoms in total. The molecule has 6 heteroatoms. The minimum absolute atomic E-state index is 0.209. The van der Waals surface area contributed by atoms with Gasteiger partial charge in [-0.3, -0.25) is 14.4 Å². The number of aromatic nitrogens is 1. The number of aryl methyl sites for hydroxylation is 1. The van der Waals surface area contributed by atoms with E-state index in [0.717, 1.165) is 0 Å². The molecule has 0 atom stereocenters. The third-order valence-electron chi connectivity index (χ3n) is 2.79. The maximum atomic E-state index is 12.1. The zero-order valence-electron chi connectivity index (χ0n) is 10.8. The summed E-state index contributed by atoms with van der Waals surface area (Å²) in [5.41, 5.74) is 5.90. The van der Waals surface area contributed by atoms with Crippen LogP contribution in [-0.4, -0.2) is 16.4 Å². The summed E-state index contributed by atoms with van der Waals surface area (Å²) in [6.07, 6.45) is 1.42. The Labute approximate surface area is 114 Å². The van der Waals surface area contributed by atoms with Crippen molar-refractivity contribution in [3.05, 3.63) is 64.1 Å². The molecule has 0 aliphatic heterocycles. The highest BCUT2D eigenvalue weighted by molar-refractivity contribution is 6.08. The molecule has 3 N–H and O–H groups in total. The Kier molecular flexibility index (Phi) is 3.65. The Balaban J connectivity index is 2.30. The number of hydrogen-bond acceptors (Lipinski definition) is 3. The van der Waals surface area contributed by atoms with Crippen LogP contribution in [0.3, 0.4) is 0 Å². The maximum absolute atomic E-state index is 12.1. The van der Waals surface area contributed by atoms with E-state index < -0.39 is 11.8 Å². The van der Waals surface area contributed by atoms with E-state index in [1.54, 1.807) is 25.2 Å². The van der Waals surface area contributed by atoms with Crippen LogP contribution in [0, 0.1) is 0 Å². The third-order valence-corrected chi connectivity index (χ3v) is 2.79. The molecule has 102 valence electrons. The summed E-state index contributed by atoms with van der Waals surface area (Å²) in [5.74, 6) is -1.05. The number of rotatable bonds is 3. The number of nitrogens with one attached hydrogen (secondary N) is 1. The molecule has 0 aliphatic carbocycles. The van der Waals surface area contributed by atoms with Crippen LogP contribution in [0.4, 0.5) is 5.69 Å². The molecule has 0 radical (unpaired) electrons. The van der Waals surface area contributed by atoms with Crippen molar-refractivity contribution in [2.75, 3.05) is 5.32 Å². The van der Waals surface area contributed by atoms with E-state index in [4.69, 9.17) is 5.73 Å². The van der Waals surface area contributed by atoms with E-state index in [2.05, 4.69) is 5.32 Å². The lowest BCUT2D eigenvalue weighted by Crippen LogP contribution is -2.21. The van der Waals surface area contributed by atoms with Crippen molar-refractivity contribution >= 4 is 17.5 Å². The molecule has 1 aromatic carbocycles. The number of hydrogen-bond donors (Lipinski definition) is 2. The van der Waals surface area contributed by atoms with Gasteiger partial charge in [-0.2, -0.15) is 0 Å². The van der Waals surface area contributed by atoms with Gasteiger partial charge in [-0.25, -0.2) is 0 Å². The van der Waals surface area contributed by atoms with Gasteiger partial charge in [-0.1, -0.05) is 12.1 Å². The van der Waals surface area contributed by atoms with E-state index in [-0.39, 0.29) is 11.1 Å². The zero-order chi connectivity index (χ0) is 14.7. The summed E-state index contributed by atoms with van der Waals surface area (Å²) in [5, 5.41) is 2.60. The Hall–Kier alpha value is -2.89. The summed E-state index contributed by atoms with van der Waals surface area (Å²) in [7, 11) is 1.55. The fourth-order valence-corrected chi connectivity index (χ4v) is 1.73. The van der Waals surface area contributed by atoms with Crippen LogP contribution in [0.5, 0.6) is 0 Å². The molecule has 0 unspecified atom stereocenters. The highest BCUT2D eigenvalue weighted by Crippen LogP contribution is 2.15. The van der Waals surface area contributed by atoms with Crippen molar-refractivity contribution in [1.82, 2.24) is 4.57 Å².